The molecule has 0 saturated heterocycles. The lowest BCUT2D eigenvalue weighted by molar-refractivity contribution is -0.137. The first-order valence-electron chi connectivity index (χ1n) is 8.35. The van der Waals surface area contributed by atoms with Crippen molar-refractivity contribution >= 4 is 10.0 Å². The molecule has 3 aromatic rings. The second-order valence-electron chi connectivity index (χ2n) is 6.31. The van der Waals surface area contributed by atoms with Crippen molar-refractivity contribution in [1.29, 1.82) is 0 Å². The van der Waals surface area contributed by atoms with Gasteiger partial charge >= 0.3 is 6.18 Å². The van der Waals surface area contributed by atoms with Crippen LogP contribution in [0.3, 0.4) is 0 Å². The van der Waals surface area contributed by atoms with Gasteiger partial charge in [-0.1, -0.05) is 30.3 Å². The van der Waals surface area contributed by atoms with Gasteiger partial charge < -0.3 is 0 Å². The number of hydrogen-bond acceptors (Lipinski definition) is 3. The number of sulfonamides is 1. The standard InChI is InChI=1S/C19H18F3N3O2S/c1-24(28(26,27)18-9-7-17(8-10-18)19(20,21)22)12-16-11-23-25(14-16)13-15-5-3-2-4-6-15/h2-11,14H,12-13H2,1H3. The van der Waals surface area contributed by atoms with Crippen LogP contribution in [0.25, 0.3) is 0 Å². The number of hydrogen-bond donors (Lipinski definition) is 0. The molecule has 2 aromatic carbocycles. The number of nitrogens with zero attached hydrogens (tertiary/aromatic N) is 3. The first kappa shape index (κ1) is 20.1. The molecule has 28 heavy (non-hydrogen) atoms. The molecule has 148 valence electrons. The van der Waals surface area contributed by atoms with E-state index in [1.54, 1.807) is 17.1 Å². The zero-order chi connectivity index (χ0) is 20.4. The summed E-state index contributed by atoms with van der Waals surface area (Å²) in [7, 11) is -2.54. The Hall–Kier alpha value is -2.65. The lowest BCUT2D eigenvalue weighted by atomic mass is 10.2. The molecule has 0 amide bonds. The SMILES string of the molecule is CN(Cc1cnn(Cc2ccccc2)c1)S(=O)(=O)c1ccc(C(F)(F)F)cc1. The van der Waals surface area contributed by atoms with Gasteiger partial charge in [0.05, 0.1) is 23.2 Å². The Balaban J connectivity index is 1.70. The van der Waals surface area contributed by atoms with Gasteiger partial charge in [0.2, 0.25) is 10.0 Å². The largest absolute Gasteiger partial charge is 0.416 e. The molecule has 1 heterocycles. The molecule has 0 aliphatic carbocycles. The highest BCUT2D eigenvalue weighted by atomic mass is 32.2. The van der Waals surface area contributed by atoms with Gasteiger partial charge in [0.1, 0.15) is 0 Å². The average molecular weight is 409 g/mol. The van der Waals surface area contributed by atoms with Gasteiger partial charge in [0.25, 0.3) is 0 Å². The summed E-state index contributed by atoms with van der Waals surface area (Å²) in [5.74, 6) is 0. The highest BCUT2D eigenvalue weighted by Crippen LogP contribution is 2.30. The second-order valence-corrected chi connectivity index (χ2v) is 8.36. The monoisotopic (exact) mass is 409 g/mol. The van der Waals surface area contributed by atoms with Gasteiger partial charge in [-0.3, -0.25) is 4.68 Å². The Morgan fingerprint density at radius 1 is 1.00 bits per heavy atom. The van der Waals surface area contributed by atoms with Crippen LogP contribution in [0.1, 0.15) is 16.7 Å². The van der Waals surface area contributed by atoms with E-state index in [0.717, 1.165) is 34.1 Å². The van der Waals surface area contributed by atoms with Crippen molar-refractivity contribution < 1.29 is 21.6 Å². The first-order valence-corrected chi connectivity index (χ1v) is 9.79. The van der Waals surface area contributed by atoms with Crippen molar-refractivity contribution in [3.05, 3.63) is 83.7 Å². The van der Waals surface area contributed by atoms with Crippen molar-refractivity contribution in [2.75, 3.05) is 7.05 Å². The average Bonchev–Trinajstić information content (AvgIpc) is 3.08. The summed E-state index contributed by atoms with van der Waals surface area (Å²) in [4.78, 5) is -0.195. The molecule has 0 radical (unpaired) electrons. The highest BCUT2D eigenvalue weighted by molar-refractivity contribution is 7.89. The predicted octanol–water partition coefficient (Wildman–Crippen LogP) is 3.77. The van der Waals surface area contributed by atoms with Crippen LogP contribution < -0.4 is 0 Å². The molecular weight excluding hydrogens is 391 g/mol. The Morgan fingerprint density at radius 3 is 2.25 bits per heavy atom. The van der Waals surface area contributed by atoms with Gasteiger partial charge in [-0.25, -0.2) is 8.42 Å². The second kappa shape index (κ2) is 7.76. The van der Waals surface area contributed by atoms with E-state index in [0.29, 0.717) is 12.1 Å². The van der Waals surface area contributed by atoms with Gasteiger partial charge in [-0.2, -0.15) is 22.6 Å². The Labute approximate surface area is 161 Å². The van der Waals surface area contributed by atoms with E-state index in [9.17, 15) is 21.6 Å². The third kappa shape index (κ3) is 4.60. The zero-order valence-electron chi connectivity index (χ0n) is 15.0. The molecule has 0 atom stereocenters. The Morgan fingerprint density at radius 2 is 1.64 bits per heavy atom. The molecule has 0 N–H and O–H groups in total. The van der Waals surface area contributed by atoms with Crippen LogP contribution in [0, 0.1) is 0 Å². The fraction of sp³-hybridized carbons (Fsp3) is 0.211. The predicted molar refractivity (Wildman–Crippen MR) is 97.9 cm³/mol. The molecule has 0 fully saturated rings. The minimum atomic E-state index is -4.51. The first-order chi connectivity index (χ1) is 13.2. The van der Waals surface area contributed by atoms with Crippen LogP contribution >= 0.6 is 0 Å². The molecule has 0 spiro atoms. The maximum absolute atomic E-state index is 12.7. The van der Waals surface area contributed by atoms with Gasteiger partial charge in [-0.15, -0.1) is 0 Å². The van der Waals surface area contributed by atoms with Crippen molar-refractivity contribution in [3.63, 3.8) is 0 Å². The molecule has 3 rings (SSSR count). The smallest absolute Gasteiger partial charge is 0.268 e. The van der Waals surface area contributed by atoms with E-state index in [4.69, 9.17) is 0 Å². The third-order valence-corrected chi connectivity index (χ3v) is 5.99. The summed E-state index contributed by atoms with van der Waals surface area (Å²) in [6.45, 7) is 0.606. The van der Waals surface area contributed by atoms with Crippen LogP contribution in [0.5, 0.6) is 0 Å². The van der Waals surface area contributed by atoms with Gasteiger partial charge in [0, 0.05) is 25.4 Å². The maximum Gasteiger partial charge on any atom is 0.416 e. The number of alkyl halides is 3. The lowest BCUT2D eigenvalue weighted by Gasteiger charge is -2.17. The van der Waals surface area contributed by atoms with E-state index in [1.165, 1.54) is 7.05 Å². The van der Waals surface area contributed by atoms with Crippen LogP contribution in [0.15, 0.2) is 71.9 Å². The van der Waals surface area contributed by atoms with E-state index in [-0.39, 0.29) is 11.4 Å². The molecule has 0 bridgehead atoms. The maximum atomic E-state index is 12.7. The summed E-state index contributed by atoms with van der Waals surface area (Å²) in [6, 6.07) is 13.1. The normalized spacial score (nSPS) is 12.5. The Kier molecular flexibility index (Phi) is 5.57. The van der Waals surface area contributed by atoms with Crippen molar-refractivity contribution in [2.45, 2.75) is 24.2 Å². The van der Waals surface area contributed by atoms with Crippen molar-refractivity contribution in [2.24, 2.45) is 0 Å². The number of aromatic nitrogens is 2. The summed E-state index contributed by atoms with van der Waals surface area (Å²) in [6.07, 6.45) is -1.20. The van der Waals surface area contributed by atoms with Crippen LogP contribution in [-0.4, -0.2) is 29.6 Å². The van der Waals surface area contributed by atoms with Crippen molar-refractivity contribution in [3.8, 4) is 0 Å². The van der Waals surface area contributed by atoms with E-state index >= 15 is 0 Å². The Bertz CT molecular complexity index is 1030. The summed E-state index contributed by atoms with van der Waals surface area (Å²) in [5.41, 5.74) is 0.841. The fourth-order valence-corrected chi connectivity index (χ4v) is 3.84. The molecule has 0 unspecified atom stereocenters. The molecule has 0 aliphatic rings. The molecular formula is C19H18F3N3O2S. The van der Waals surface area contributed by atoms with E-state index in [1.807, 2.05) is 30.3 Å². The number of rotatable bonds is 6. The minimum absolute atomic E-state index is 0.0537. The molecule has 5 nitrogen and oxygen atoms in total. The minimum Gasteiger partial charge on any atom is -0.268 e. The van der Waals surface area contributed by atoms with Crippen LogP contribution in [0.4, 0.5) is 13.2 Å². The molecule has 0 aliphatic heterocycles. The highest BCUT2D eigenvalue weighted by Gasteiger charge is 2.31. The summed E-state index contributed by atoms with van der Waals surface area (Å²) in [5, 5.41) is 4.23. The molecule has 1 aromatic heterocycles. The van der Waals surface area contributed by atoms with E-state index in [2.05, 4.69) is 5.10 Å². The van der Waals surface area contributed by atoms with E-state index < -0.39 is 21.8 Å². The topological polar surface area (TPSA) is 55.2 Å². The van der Waals surface area contributed by atoms with Gasteiger partial charge in [-0.05, 0) is 29.8 Å². The molecule has 9 heteroatoms. The van der Waals surface area contributed by atoms with Gasteiger partial charge in [0.15, 0.2) is 0 Å². The molecule has 0 saturated carbocycles. The lowest BCUT2D eigenvalue weighted by Crippen LogP contribution is -2.26. The number of benzene rings is 2. The summed E-state index contributed by atoms with van der Waals surface area (Å²) >= 11 is 0. The van der Waals surface area contributed by atoms with Crippen molar-refractivity contribution in [1.82, 2.24) is 14.1 Å². The summed E-state index contributed by atoms with van der Waals surface area (Å²) < 4.78 is 66.0. The van der Waals surface area contributed by atoms with Crippen LogP contribution in [0.2, 0.25) is 0 Å². The number of halogens is 3. The fourth-order valence-electron chi connectivity index (χ4n) is 2.68. The van der Waals surface area contributed by atoms with Crippen LogP contribution in [-0.2, 0) is 29.3 Å². The third-order valence-electron chi connectivity index (χ3n) is 4.17. The quantitative estimate of drug-likeness (QED) is 0.623. The zero-order valence-corrected chi connectivity index (χ0v) is 15.8.